The summed E-state index contributed by atoms with van der Waals surface area (Å²) in [5, 5.41) is 5.85. The normalized spacial score (nSPS) is 10.5. The molecule has 0 saturated heterocycles. The van der Waals surface area contributed by atoms with Crippen molar-refractivity contribution in [1.29, 1.82) is 0 Å². The molecule has 0 fully saturated rings. The fourth-order valence-electron chi connectivity index (χ4n) is 3.28. The molecule has 0 aliphatic carbocycles. The van der Waals surface area contributed by atoms with Gasteiger partial charge in [-0.2, -0.15) is 0 Å². The average Bonchev–Trinajstić information content (AvgIpc) is 2.79. The number of rotatable bonds is 9. The van der Waals surface area contributed by atoms with Crippen molar-refractivity contribution in [2.24, 2.45) is 0 Å². The molecule has 0 spiro atoms. The SMILES string of the molecule is COCc1ccccc1C(=O)NCc1cccc(NC(=O)c2ccccc2COC)c1. The minimum absolute atomic E-state index is 0.171. The quantitative estimate of drug-likeness (QED) is 0.547. The molecule has 2 amide bonds. The summed E-state index contributed by atoms with van der Waals surface area (Å²) in [6, 6.07) is 22.1. The molecule has 0 atom stereocenters. The van der Waals surface area contributed by atoms with Gasteiger partial charge in [-0.25, -0.2) is 0 Å². The smallest absolute Gasteiger partial charge is 0.256 e. The number of ether oxygens (including phenoxy) is 2. The second kappa shape index (κ2) is 11.1. The molecule has 0 aromatic heterocycles. The number of anilines is 1. The Balaban J connectivity index is 1.66. The molecule has 0 radical (unpaired) electrons. The highest BCUT2D eigenvalue weighted by Gasteiger charge is 2.12. The summed E-state index contributed by atoms with van der Waals surface area (Å²) in [6.07, 6.45) is 0. The summed E-state index contributed by atoms with van der Waals surface area (Å²) in [5.74, 6) is -0.377. The lowest BCUT2D eigenvalue weighted by Gasteiger charge is -2.12. The fraction of sp³-hybridized carbons (Fsp3) is 0.200. The molecule has 0 bridgehead atoms. The van der Waals surface area contributed by atoms with Gasteiger partial charge in [0.2, 0.25) is 0 Å². The van der Waals surface area contributed by atoms with E-state index in [1.54, 1.807) is 26.4 Å². The average molecular weight is 418 g/mol. The first-order chi connectivity index (χ1) is 15.1. The number of carbonyl (C=O) groups is 2. The molecule has 2 N–H and O–H groups in total. The van der Waals surface area contributed by atoms with E-state index in [-0.39, 0.29) is 11.8 Å². The summed E-state index contributed by atoms with van der Waals surface area (Å²) in [5.41, 5.74) is 4.34. The van der Waals surface area contributed by atoms with Crippen LogP contribution < -0.4 is 10.6 Å². The molecule has 3 rings (SSSR count). The number of hydrogen-bond acceptors (Lipinski definition) is 4. The summed E-state index contributed by atoms with van der Waals surface area (Å²) in [6.45, 7) is 1.07. The van der Waals surface area contributed by atoms with Crippen LogP contribution in [0.4, 0.5) is 5.69 Å². The Morgan fingerprint density at radius 1 is 0.742 bits per heavy atom. The highest BCUT2D eigenvalue weighted by atomic mass is 16.5. The van der Waals surface area contributed by atoms with Gasteiger partial charge in [0.15, 0.2) is 0 Å². The van der Waals surface area contributed by atoms with E-state index in [9.17, 15) is 9.59 Å². The standard InChI is InChI=1S/C25H26N2O4/c1-30-16-19-9-3-5-12-22(19)24(28)26-15-18-8-7-11-21(14-18)27-25(29)23-13-6-4-10-20(23)17-31-2/h3-14H,15-17H2,1-2H3,(H,26,28)(H,27,29). The minimum Gasteiger partial charge on any atom is -0.380 e. The van der Waals surface area contributed by atoms with Gasteiger partial charge in [-0.3, -0.25) is 9.59 Å². The Labute approximate surface area is 182 Å². The van der Waals surface area contributed by atoms with Gasteiger partial charge in [-0.15, -0.1) is 0 Å². The number of hydrogen-bond donors (Lipinski definition) is 2. The van der Waals surface area contributed by atoms with Crippen molar-refractivity contribution >= 4 is 17.5 Å². The molecule has 0 aliphatic rings. The molecule has 160 valence electrons. The largest absolute Gasteiger partial charge is 0.380 e. The summed E-state index contributed by atoms with van der Waals surface area (Å²) >= 11 is 0. The van der Waals surface area contributed by atoms with E-state index in [1.807, 2.05) is 60.7 Å². The van der Waals surface area contributed by atoms with Gasteiger partial charge in [0, 0.05) is 37.6 Å². The maximum absolute atomic E-state index is 12.7. The molecule has 0 aliphatic heterocycles. The maximum atomic E-state index is 12.7. The van der Waals surface area contributed by atoms with Crippen molar-refractivity contribution < 1.29 is 19.1 Å². The third-order valence-corrected chi connectivity index (χ3v) is 4.76. The first kappa shape index (κ1) is 22.2. The predicted octanol–water partition coefficient (Wildman–Crippen LogP) is 4.16. The third-order valence-electron chi connectivity index (χ3n) is 4.76. The second-order valence-corrected chi connectivity index (χ2v) is 7.02. The Morgan fingerprint density at radius 2 is 1.32 bits per heavy atom. The van der Waals surface area contributed by atoms with Crippen molar-refractivity contribution in [3.8, 4) is 0 Å². The number of carbonyl (C=O) groups excluding carboxylic acids is 2. The van der Waals surface area contributed by atoms with Gasteiger partial charge in [-0.05, 0) is 41.0 Å². The van der Waals surface area contributed by atoms with Crippen LogP contribution in [0.5, 0.6) is 0 Å². The molecule has 0 saturated carbocycles. The van der Waals surface area contributed by atoms with Crippen molar-refractivity contribution in [3.63, 3.8) is 0 Å². The molecular weight excluding hydrogens is 392 g/mol. The third kappa shape index (κ3) is 6.01. The van der Waals surface area contributed by atoms with Crippen molar-refractivity contribution in [1.82, 2.24) is 5.32 Å². The van der Waals surface area contributed by atoms with Gasteiger partial charge < -0.3 is 20.1 Å². The van der Waals surface area contributed by atoms with Crippen LogP contribution in [0.3, 0.4) is 0 Å². The maximum Gasteiger partial charge on any atom is 0.256 e. The highest BCUT2D eigenvalue weighted by molar-refractivity contribution is 6.05. The van der Waals surface area contributed by atoms with E-state index < -0.39 is 0 Å². The van der Waals surface area contributed by atoms with E-state index >= 15 is 0 Å². The lowest BCUT2D eigenvalue weighted by Crippen LogP contribution is -2.24. The number of benzene rings is 3. The van der Waals surface area contributed by atoms with E-state index in [0.717, 1.165) is 16.7 Å². The first-order valence-electron chi connectivity index (χ1n) is 9.94. The Kier molecular flexibility index (Phi) is 7.92. The van der Waals surface area contributed by atoms with Crippen LogP contribution >= 0.6 is 0 Å². The van der Waals surface area contributed by atoms with Crippen molar-refractivity contribution in [3.05, 3.63) is 101 Å². The van der Waals surface area contributed by atoms with Crippen LogP contribution in [0.1, 0.15) is 37.4 Å². The van der Waals surface area contributed by atoms with Crippen LogP contribution in [0.15, 0.2) is 72.8 Å². The van der Waals surface area contributed by atoms with E-state index in [0.29, 0.717) is 36.6 Å². The molecule has 6 heteroatoms. The van der Waals surface area contributed by atoms with Crippen LogP contribution in [0.25, 0.3) is 0 Å². The second-order valence-electron chi connectivity index (χ2n) is 7.02. The zero-order valence-corrected chi connectivity index (χ0v) is 17.7. The van der Waals surface area contributed by atoms with Crippen molar-refractivity contribution in [2.45, 2.75) is 19.8 Å². The molecule has 31 heavy (non-hydrogen) atoms. The molecule has 0 unspecified atom stereocenters. The molecule has 6 nitrogen and oxygen atoms in total. The molecule has 0 heterocycles. The lowest BCUT2D eigenvalue weighted by atomic mass is 10.1. The van der Waals surface area contributed by atoms with Crippen molar-refractivity contribution in [2.75, 3.05) is 19.5 Å². The van der Waals surface area contributed by atoms with Crippen LogP contribution in [0, 0.1) is 0 Å². The monoisotopic (exact) mass is 418 g/mol. The van der Waals surface area contributed by atoms with Gasteiger partial charge in [0.1, 0.15) is 0 Å². The van der Waals surface area contributed by atoms with Gasteiger partial charge in [0.05, 0.1) is 13.2 Å². The summed E-state index contributed by atoms with van der Waals surface area (Å²) in [7, 11) is 3.20. The van der Waals surface area contributed by atoms with E-state index in [4.69, 9.17) is 9.47 Å². The molecule has 3 aromatic rings. The van der Waals surface area contributed by atoms with Crippen LogP contribution in [-0.4, -0.2) is 26.0 Å². The Bertz CT molecular complexity index is 1050. The number of nitrogens with one attached hydrogen (secondary N) is 2. The highest BCUT2D eigenvalue weighted by Crippen LogP contribution is 2.16. The lowest BCUT2D eigenvalue weighted by molar-refractivity contribution is 0.0945. The first-order valence-corrected chi connectivity index (χ1v) is 9.94. The molecular formula is C25H26N2O4. The zero-order chi connectivity index (χ0) is 22.1. The predicted molar refractivity (Wildman–Crippen MR) is 120 cm³/mol. The number of methoxy groups -OCH3 is 2. The summed E-state index contributed by atoms with van der Waals surface area (Å²) in [4.78, 5) is 25.3. The van der Waals surface area contributed by atoms with E-state index in [1.165, 1.54) is 0 Å². The fourth-order valence-corrected chi connectivity index (χ4v) is 3.28. The van der Waals surface area contributed by atoms with Gasteiger partial charge >= 0.3 is 0 Å². The van der Waals surface area contributed by atoms with Crippen LogP contribution in [-0.2, 0) is 29.2 Å². The van der Waals surface area contributed by atoms with Crippen LogP contribution in [0.2, 0.25) is 0 Å². The summed E-state index contributed by atoms with van der Waals surface area (Å²) < 4.78 is 10.3. The Hall–Kier alpha value is -3.48. The number of amides is 2. The zero-order valence-electron chi connectivity index (χ0n) is 17.7. The Morgan fingerprint density at radius 3 is 1.94 bits per heavy atom. The van der Waals surface area contributed by atoms with E-state index in [2.05, 4.69) is 10.6 Å². The topological polar surface area (TPSA) is 76.7 Å². The van der Waals surface area contributed by atoms with Gasteiger partial charge in [0.25, 0.3) is 11.8 Å². The minimum atomic E-state index is -0.206. The molecule has 3 aromatic carbocycles. The van der Waals surface area contributed by atoms with Gasteiger partial charge in [-0.1, -0.05) is 48.5 Å².